The number of esters is 2. The lowest BCUT2D eigenvalue weighted by Gasteiger charge is -2.16. The molecule has 0 aliphatic heterocycles. The summed E-state index contributed by atoms with van der Waals surface area (Å²) in [6.07, 6.45) is -1.79. The van der Waals surface area contributed by atoms with Crippen LogP contribution in [0.4, 0.5) is 0 Å². The summed E-state index contributed by atoms with van der Waals surface area (Å²) in [5.41, 5.74) is 1.13. The van der Waals surface area contributed by atoms with Gasteiger partial charge in [0.1, 0.15) is 0 Å². The van der Waals surface area contributed by atoms with Gasteiger partial charge in [-0.1, -0.05) is 35.9 Å². The second kappa shape index (κ2) is 7.36. The molecule has 0 aliphatic carbocycles. The fourth-order valence-corrected chi connectivity index (χ4v) is 1.39. The molecule has 0 aliphatic rings. The Morgan fingerprint density at radius 3 is 2.47 bits per heavy atom. The fraction of sp³-hybridized carbons (Fsp3) is 0.333. The smallest absolute Gasteiger partial charge is 0.352 e. The van der Waals surface area contributed by atoms with E-state index < -0.39 is 24.4 Å². The zero-order valence-electron chi connectivity index (χ0n) is 12.1. The maximum Gasteiger partial charge on any atom is 0.352 e. The predicted octanol–water partition coefficient (Wildman–Crippen LogP) is 2.80. The molecule has 1 aromatic rings. The maximum atomic E-state index is 12.0. The van der Waals surface area contributed by atoms with Crippen molar-refractivity contribution in [3.05, 3.63) is 48.0 Å². The van der Waals surface area contributed by atoms with Crippen LogP contribution in [0.15, 0.2) is 42.5 Å². The van der Waals surface area contributed by atoms with Gasteiger partial charge in [0.2, 0.25) is 6.10 Å². The molecule has 0 N–H and O–H groups in total. The zero-order valence-corrected chi connectivity index (χ0v) is 11.1. The van der Waals surface area contributed by atoms with Crippen molar-refractivity contribution in [1.29, 1.82) is 0 Å². The Bertz CT molecular complexity index is 484. The van der Waals surface area contributed by atoms with Crippen molar-refractivity contribution in [2.45, 2.75) is 26.3 Å². The summed E-state index contributed by atoms with van der Waals surface area (Å²) in [5, 5.41) is 0. The first-order valence-corrected chi connectivity index (χ1v) is 5.88. The number of ether oxygens (including phenoxy) is 2. The Morgan fingerprint density at radius 1 is 1.32 bits per heavy atom. The van der Waals surface area contributed by atoms with Crippen LogP contribution in [-0.4, -0.2) is 18.5 Å². The van der Waals surface area contributed by atoms with Crippen molar-refractivity contribution in [2.24, 2.45) is 0 Å². The van der Waals surface area contributed by atoms with E-state index in [-0.39, 0.29) is 6.61 Å². The molecule has 4 heteroatoms. The van der Waals surface area contributed by atoms with Crippen LogP contribution in [0, 0.1) is 0 Å². The molecule has 0 aromatic heterocycles. The normalized spacial score (nSPS) is 13.9. The van der Waals surface area contributed by atoms with Crippen LogP contribution in [0.2, 0.25) is 0 Å². The lowest BCUT2D eigenvalue weighted by Crippen LogP contribution is -2.21. The van der Waals surface area contributed by atoms with E-state index in [2.05, 4.69) is 6.58 Å². The molecular formula is C15H18O4. The molecule has 0 saturated heterocycles. The van der Waals surface area contributed by atoms with Gasteiger partial charge in [0.05, 0.1) is 6.61 Å². The molecule has 19 heavy (non-hydrogen) atoms. The molecule has 0 saturated carbocycles. The van der Waals surface area contributed by atoms with E-state index in [1.165, 1.54) is 6.92 Å². The van der Waals surface area contributed by atoms with Crippen LogP contribution >= 0.6 is 0 Å². The molecule has 0 amide bonds. The third-order valence-electron chi connectivity index (χ3n) is 2.26. The molecule has 0 spiro atoms. The minimum atomic E-state index is -1.11. The second-order valence-corrected chi connectivity index (χ2v) is 4.08. The van der Waals surface area contributed by atoms with Gasteiger partial charge in [-0.25, -0.2) is 4.79 Å². The van der Waals surface area contributed by atoms with Crippen LogP contribution in [-0.2, 0) is 19.1 Å². The summed E-state index contributed by atoms with van der Waals surface area (Å²) in [6.45, 7) is 6.42. The van der Waals surface area contributed by atoms with Gasteiger partial charge in [0, 0.05) is 20.3 Å². The standard InChI is InChI=1S/C15H18O4/c1-11(2)9-10-18-15(17)14(19-12(3)16)13-7-5-4-6-8-13/h4-8,14H,1,9-10H2,2-3H3/i9D/t9-,14?/m1/s1. The highest BCUT2D eigenvalue weighted by molar-refractivity contribution is 5.80. The average molecular weight is 263 g/mol. The summed E-state index contributed by atoms with van der Waals surface area (Å²) >= 11 is 0. The van der Waals surface area contributed by atoms with Gasteiger partial charge in [0.25, 0.3) is 0 Å². The van der Waals surface area contributed by atoms with Crippen LogP contribution in [0.25, 0.3) is 0 Å². The zero-order chi connectivity index (χ0) is 15.1. The number of hydrogen-bond donors (Lipinski definition) is 0. The Balaban J connectivity index is 2.76. The van der Waals surface area contributed by atoms with Crippen molar-refractivity contribution in [3.8, 4) is 0 Å². The first kappa shape index (κ1) is 13.3. The van der Waals surface area contributed by atoms with Gasteiger partial charge >= 0.3 is 11.9 Å². The summed E-state index contributed by atoms with van der Waals surface area (Å²) in [6, 6.07) is 8.61. The molecule has 0 bridgehead atoms. The van der Waals surface area contributed by atoms with Crippen molar-refractivity contribution in [2.75, 3.05) is 6.61 Å². The lowest BCUT2D eigenvalue weighted by atomic mass is 10.1. The molecule has 102 valence electrons. The molecule has 1 unspecified atom stereocenters. The van der Waals surface area contributed by atoms with E-state index in [9.17, 15) is 9.59 Å². The fourth-order valence-electron chi connectivity index (χ4n) is 1.39. The predicted molar refractivity (Wildman–Crippen MR) is 71.3 cm³/mol. The Hall–Kier alpha value is -2.10. The summed E-state index contributed by atoms with van der Waals surface area (Å²) in [5.74, 6) is -1.26. The number of benzene rings is 1. The highest BCUT2D eigenvalue weighted by Gasteiger charge is 2.25. The molecule has 1 aromatic carbocycles. The van der Waals surface area contributed by atoms with Crippen LogP contribution in [0.3, 0.4) is 0 Å². The highest BCUT2D eigenvalue weighted by atomic mass is 16.6. The molecule has 1 rings (SSSR count). The number of carbonyl (C=O) groups is 2. The maximum absolute atomic E-state index is 12.0. The molecule has 0 fully saturated rings. The minimum absolute atomic E-state index is 0.112. The second-order valence-electron chi connectivity index (χ2n) is 4.08. The first-order valence-electron chi connectivity index (χ1n) is 6.46. The lowest BCUT2D eigenvalue weighted by molar-refractivity contribution is -0.167. The number of rotatable bonds is 6. The molecule has 4 nitrogen and oxygen atoms in total. The topological polar surface area (TPSA) is 52.6 Å². The highest BCUT2D eigenvalue weighted by Crippen LogP contribution is 2.19. The van der Waals surface area contributed by atoms with Crippen molar-refractivity contribution in [1.82, 2.24) is 0 Å². The van der Waals surface area contributed by atoms with Crippen molar-refractivity contribution >= 4 is 11.9 Å². The van der Waals surface area contributed by atoms with E-state index in [0.717, 1.165) is 0 Å². The first-order chi connectivity index (χ1) is 9.41. The van der Waals surface area contributed by atoms with Gasteiger partial charge in [-0.2, -0.15) is 0 Å². The average Bonchev–Trinajstić information content (AvgIpc) is 2.42. The van der Waals surface area contributed by atoms with Crippen molar-refractivity contribution < 1.29 is 20.4 Å². The summed E-state index contributed by atoms with van der Waals surface area (Å²) in [7, 11) is 0. The third-order valence-corrected chi connectivity index (χ3v) is 2.26. The quantitative estimate of drug-likeness (QED) is 0.585. The van der Waals surface area contributed by atoms with Gasteiger partial charge in [0.15, 0.2) is 0 Å². The summed E-state index contributed by atoms with van der Waals surface area (Å²) < 4.78 is 17.6. The van der Waals surface area contributed by atoms with Crippen LogP contribution in [0.5, 0.6) is 0 Å². The number of carbonyl (C=O) groups excluding carboxylic acids is 2. The van der Waals surface area contributed by atoms with Crippen LogP contribution < -0.4 is 0 Å². The van der Waals surface area contributed by atoms with Gasteiger partial charge in [-0.3, -0.25) is 4.79 Å². The monoisotopic (exact) mass is 263 g/mol. The van der Waals surface area contributed by atoms with E-state index >= 15 is 0 Å². The number of hydrogen-bond acceptors (Lipinski definition) is 4. The van der Waals surface area contributed by atoms with E-state index in [4.69, 9.17) is 10.8 Å². The van der Waals surface area contributed by atoms with E-state index in [1.54, 1.807) is 37.3 Å². The Labute approximate surface area is 114 Å². The Morgan fingerprint density at radius 2 is 1.95 bits per heavy atom. The molecular weight excluding hydrogens is 244 g/mol. The van der Waals surface area contributed by atoms with Gasteiger partial charge in [-0.15, -0.1) is 6.58 Å². The van der Waals surface area contributed by atoms with E-state index in [1.807, 2.05) is 0 Å². The largest absolute Gasteiger partial charge is 0.462 e. The van der Waals surface area contributed by atoms with Crippen molar-refractivity contribution in [3.63, 3.8) is 0 Å². The SMILES string of the molecule is [2H][C@H](COC(=O)C(OC(C)=O)c1ccccc1)C(=C)C. The van der Waals surface area contributed by atoms with Crippen LogP contribution in [0.1, 0.15) is 33.3 Å². The minimum Gasteiger partial charge on any atom is -0.462 e. The molecule has 0 radical (unpaired) electrons. The Kier molecular flexibility index (Phi) is 5.17. The molecule has 2 atom stereocenters. The van der Waals surface area contributed by atoms with Gasteiger partial charge in [-0.05, 0) is 6.92 Å². The van der Waals surface area contributed by atoms with E-state index in [0.29, 0.717) is 11.1 Å². The van der Waals surface area contributed by atoms with Gasteiger partial charge < -0.3 is 9.47 Å². The molecule has 0 heterocycles. The third kappa shape index (κ3) is 5.38. The summed E-state index contributed by atoms with van der Waals surface area (Å²) in [4.78, 5) is 23.1.